The van der Waals surface area contributed by atoms with E-state index in [0.29, 0.717) is 36.0 Å². The normalized spacial score (nSPS) is 18.4. The van der Waals surface area contributed by atoms with Gasteiger partial charge in [0.05, 0.1) is 19.4 Å². The molecule has 2 aromatic heterocycles. The van der Waals surface area contributed by atoms with Crippen LogP contribution >= 0.6 is 0 Å². The fraction of sp³-hybridized carbons (Fsp3) is 0.318. The van der Waals surface area contributed by atoms with Crippen LogP contribution in [0.1, 0.15) is 5.56 Å². The second-order valence-corrected chi connectivity index (χ2v) is 7.38. The Morgan fingerprint density at radius 1 is 1.21 bits per heavy atom. The molecule has 0 radical (unpaired) electrons. The van der Waals surface area contributed by atoms with Gasteiger partial charge in [-0.2, -0.15) is 0 Å². The van der Waals surface area contributed by atoms with Gasteiger partial charge in [-0.15, -0.1) is 0 Å². The van der Waals surface area contributed by atoms with E-state index in [9.17, 15) is 13.2 Å². The molecule has 1 aliphatic rings. The molecule has 0 unspecified atom stereocenters. The lowest BCUT2D eigenvalue weighted by molar-refractivity contribution is -0.0145. The van der Waals surface area contributed by atoms with Gasteiger partial charge < -0.3 is 25.3 Å². The van der Waals surface area contributed by atoms with E-state index in [1.165, 1.54) is 12.1 Å². The number of nitrogens with two attached hydrogens (primary N) is 1. The Balaban J connectivity index is 1.67. The summed E-state index contributed by atoms with van der Waals surface area (Å²) in [6, 6.07) is 7.31. The van der Waals surface area contributed by atoms with Crippen LogP contribution in [-0.4, -0.2) is 55.8 Å². The van der Waals surface area contributed by atoms with Gasteiger partial charge in [-0.1, -0.05) is 0 Å². The van der Waals surface area contributed by atoms with Crippen molar-refractivity contribution >= 4 is 28.2 Å². The number of halogens is 3. The Kier molecular flexibility index (Phi) is 6.61. The molecular formula is C22H22F3N5O3. The summed E-state index contributed by atoms with van der Waals surface area (Å²) in [4.78, 5) is 12.6. The minimum absolute atomic E-state index is 0.0865. The third-order valence-electron chi connectivity index (χ3n) is 5.10. The number of fused-ring (bicyclic) bond motifs is 1. The fourth-order valence-corrected chi connectivity index (χ4v) is 3.52. The van der Waals surface area contributed by atoms with Crippen molar-refractivity contribution in [3.05, 3.63) is 54.1 Å². The number of rotatable bonds is 8. The molecule has 3 heterocycles. The summed E-state index contributed by atoms with van der Waals surface area (Å²) in [7, 11) is 1.58. The Labute approximate surface area is 187 Å². The zero-order valence-corrected chi connectivity index (χ0v) is 17.7. The molecule has 0 saturated carbocycles. The van der Waals surface area contributed by atoms with Gasteiger partial charge >= 0.3 is 0 Å². The standard InChI is InChI=1S/C22H22F3N5O3/c1-31-6-7-33-15-8-13-4-5-27-20(19(13)28-10-15)29-14-2-3-17(23)16(9-14)22(21(24)25)12-32-11-18(26)30-22/h2-5,8-10,21H,6-7,11-12H2,1H3,(H2,26,30)(H,27,29)/t22-/m1/s1. The first-order valence-corrected chi connectivity index (χ1v) is 10.1. The molecule has 3 aromatic rings. The number of aliphatic imine (C=N–C) groups is 1. The van der Waals surface area contributed by atoms with Crippen LogP contribution < -0.4 is 15.8 Å². The van der Waals surface area contributed by atoms with E-state index in [1.807, 2.05) is 0 Å². The fourth-order valence-electron chi connectivity index (χ4n) is 3.52. The first-order chi connectivity index (χ1) is 15.9. The van der Waals surface area contributed by atoms with E-state index in [-0.39, 0.29) is 18.0 Å². The topological polar surface area (TPSA) is 104 Å². The highest BCUT2D eigenvalue weighted by Gasteiger charge is 2.46. The number of methoxy groups -OCH3 is 1. The highest BCUT2D eigenvalue weighted by atomic mass is 19.3. The quantitative estimate of drug-likeness (QED) is 0.496. The summed E-state index contributed by atoms with van der Waals surface area (Å²) in [5.74, 6) is -0.0394. The minimum Gasteiger partial charge on any atom is -0.490 e. The zero-order valence-electron chi connectivity index (χ0n) is 17.7. The summed E-state index contributed by atoms with van der Waals surface area (Å²) >= 11 is 0. The Morgan fingerprint density at radius 2 is 2.06 bits per heavy atom. The lowest BCUT2D eigenvalue weighted by Gasteiger charge is -2.33. The van der Waals surface area contributed by atoms with Gasteiger partial charge in [-0.05, 0) is 30.3 Å². The van der Waals surface area contributed by atoms with Gasteiger partial charge in [-0.25, -0.2) is 23.1 Å². The molecule has 1 aliphatic heterocycles. The summed E-state index contributed by atoms with van der Waals surface area (Å²) < 4.78 is 58.5. The number of nitrogens with zero attached hydrogens (tertiary/aromatic N) is 3. The van der Waals surface area contributed by atoms with Crippen molar-refractivity contribution in [2.75, 3.05) is 38.9 Å². The van der Waals surface area contributed by atoms with E-state index in [2.05, 4.69) is 20.3 Å². The first kappa shape index (κ1) is 22.7. The lowest BCUT2D eigenvalue weighted by Crippen LogP contribution is -2.45. The van der Waals surface area contributed by atoms with E-state index >= 15 is 0 Å². The van der Waals surface area contributed by atoms with Crippen LogP contribution in [-0.2, 0) is 15.0 Å². The third-order valence-corrected chi connectivity index (χ3v) is 5.10. The Hall–Kier alpha value is -3.44. The summed E-state index contributed by atoms with van der Waals surface area (Å²) in [5.41, 5.74) is 3.92. The number of hydrogen-bond donors (Lipinski definition) is 2. The van der Waals surface area contributed by atoms with Crippen molar-refractivity contribution < 1.29 is 27.4 Å². The van der Waals surface area contributed by atoms with Crippen LogP contribution in [0.5, 0.6) is 5.75 Å². The van der Waals surface area contributed by atoms with Crippen molar-refractivity contribution in [2.24, 2.45) is 10.7 Å². The molecule has 1 aromatic carbocycles. The molecule has 33 heavy (non-hydrogen) atoms. The average Bonchev–Trinajstić information content (AvgIpc) is 2.80. The maximum atomic E-state index is 14.7. The molecule has 4 rings (SSSR count). The highest BCUT2D eigenvalue weighted by molar-refractivity contribution is 5.90. The number of aromatic nitrogens is 2. The Morgan fingerprint density at radius 3 is 2.82 bits per heavy atom. The van der Waals surface area contributed by atoms with Crippen molar-refractivity contribution in [2.45, 2.75) is 12.0 Å². The molecule has 1 atom stereocenters. The van der Waals surface area contributed by atoms with E-state index in [4.69, 9.17) is 19.9 Å². The van der Waals surface area contributed by atoms with Gasteiger partial charge in [0.1, 0.15) is 36.1 Å². The first-order valence-electron chi connectivity index (χ1n) is 10.1. The van der Waals surface area contributed by atoms with E-state index in [1.54, 1.807) is 31.6 Å². The number of anilines is 2. The molecule has 0 aliphatic carbocycles. The molecule has 11 heteroatoms. The molecule has 0 fully saturated rings. The number of nitrogens with one attached hydrogen (secondary N) is 1. The maximum absolute atomic E-state index is 14.7. The van der Waals surface area contributed by atoms with Crippen molar-refractivity contribution in [1.29, 1.82) is 0 Å². The van der Waals surface area contributed by atoms with Crippen LogP contribution in [0.2, 0.25) is 0 Å². The largest absolute Gasteiger partial charge is 0.490 e. The third kappa shape index (κ3) is 4.69. The summed E-state index contributed by atoms with van der Waals surface area (Å²) in [5, 5.41) is 3.77. The van der Waals surface area contributed by atoms with Gasteiger partial charge in [0, 0.05) is 29.9 Å². The second-order valence-electron chi connectivity index (χ2n) is 7.38. The maximum Gasteiger partial charge on any atom is 0.269 e. The van der Waals surface area contributed by atoms with Crippen LogP contribution in [0, 0.1) is 5.82 Å². The van der Waals surface area contributed by atoms with Crippen LogP contribution in [0.4, 0.5) is 24.7 Å². The number of ether oxygens (including phenoxy) is 3. The molecule has 0 saturated heterocycles. The van der Waals surface area contributed by atoms with Crippen molar-refractivity contribution in [1.82, 2.24) is 9.97 Å². The smallest absolute Gasteiger partial charge is 0.269 e. The van der Waals surface area contributed by atoms with Crippen LogP contribution in [0.25, 0.3) is 10.9 Å². The summed E-state index contributed by atoms with van der Waals surface area (Å²) in [6.07, 6.45) is 0.0786. The molecule has 0 amide bonds. The zero-order chi connectivity index (χ0) is 23.4. The molecule has 8 nitrogen and oxygen atoms in total. The van der Waals surface area contributed by atoms with Gasteiger partial charge in [0.2, 0.25) is 0 Å². The van der Waals surface area contributed by atoms with Crippen LogP contribution in [0.3, 0.4) is 0 Å². The number of amidine groups is 1. The number of pyridine rings is 2. The van der Waals surface area contributed by atoms with E-state index < -0.39 is 24.4 Å². The van der Waals surface area contributed by atoms with Crippen LogP contribution in [0.15, 0.2) is 47.7 Å². The molecule has 174 valence electrons. The molecule has 3 N–H and O–H groups in total. The van der Waals surface area contributed by atoms with Gasteiger partial charge in [-0.3, -0.25) is 4.99 Å². The molecule has 0 bridgehead atoms. The second kappa shape index (κ2) is 9.59. The SMILES string of the molecule is COCCOc1cnc2c(Nc3ccc(F)c([C@@]4(C(F)F)COCC(N)=N4)c3)nccc2c1. The Bertz CT molecular complexity index is 1180. The number of hydrogen-bond acceptors (Lipinski definition) is 8. The predicted octanol–water partition coefficient (Wildman–Crippen LogP) is 3.39. The number of benzene rings is 1. The molecular weight excluding hydrogens is 439 g/mol. The monoisotopic (exact) mass is 461 g/mol. The predicted molar refractivity (Wildman–Crippen MR) is 117 cm³/mol. The minimum atomic E-state index is -3.03. The van der Waals surface area contributed by atoms with Crippen molar-refractivity contribution in [3.63, 3.8) is 0 Å². The van der Waals surface area contributed by atoms with Gasteiger partial charge in [0.25, 0.3) is 6.43 Å². The van der Waals surface area contributed by atoms with Crippen molar-refractivity contribution in [3.8, 4) is 5.75 Å². The van der Waals surface area contributed by atoms with Gasteiger partial charge in [0.15, 0.2) is 11.4 Å². The lowest BCUT2D eigenvalue weighted by atomic mass is 9.90. The highest BCUT2D eigenvalue weighted by Crippen LogP contribution is 2.38. The average molecular weight is 461 g/mol. The van der Waals surface area contributed by atoms with E-state index in [0.717, 1.165) is 11.5 Å². The summed E-state index contributed by atoms with van der Waals surface area (Å²) in [6.45, 7) is 0.234. The molecule has 0 spiro atoms. The number of alkyl halides is 2.